The molecule has 1 atom stereocenters. The van der Waals surface area contributed by atoms with Crippen LogP contribution in [0.3, 0.4) is 0 Å². The minimum atomic E-state index is -3.81. The van der Waals surface area contributed by atoms with Crippen molar-refractivity contribution in [2.45, 2.75) is 25.1 Å². The molecule has 0 aliphatic heterocycles. The molecule has 3 aromatic rings. The van der Waals surface area contributed by atoms with Gasteiger partial charge in [-0.15, -0.1) is 4.91 Å². The van der Waals surface area contributed by atoms with Crippen LogP contribution in [0, 0.1) is 10.7 Å². The third-order valence-electron chi connectivity index (χ3n) is 3.91. The van der Waals surface area contributed by atoms with Crippen LogP contribution >= 0.6 is 0 Å². The number of nitrogen functional groups attached to an aromatic ring is 1. The summed E-state index contributed by atoms with van der Waals surface area (Å²) in [6, 6.07) is 7.29. The fourth-order valence-corrected chi connectivity index (χ4v) is 3.64. The lowest BCUT2D eigenvalue weighted by Crippen LogP contribution is -2.24. The van der Waals surface area contributed by atoms with Crippen LogP contribution in [-0.2, 0) is 10.0 Å². The molecule has 0 aliphatic rings. The highest BCUT2D eigenvalue weighted by molar-refractivity contribution is 7.90. The van der Waals surface area contributed by atoms with Gasteiger partial charge >= 0.3 is 0 Å². The first-order valence-corrected chi connectivity index (χ1v) is 9.23. The smallest absolute Gasteiger partial charge is 0.245 e. The summed E-state index contributed by atoms with van der Waals surface area (Å²) in [5, 5.41) is 2.27. The SMILES string of the molecule is CC(C)S(=O)(=O)n1c(N)nc2ccc(C(N=O)c3cccc(F)c3)nc21. The molecule has 0 saturated carbocycles. The van der Waals surface area contributed by atoms with Crippen molar-refractivity contribution in [2.24, 2.45) is 5.18 Å². The zero-order chi connectivity index (χ0) is 19.1. The standard InChI is InChI=1S/C16H16FN5O3S/c1-9(2)26(24,25)22-15-13(20-16(22)18)7-6-12(19-15)14(21-23)10-4-3-5-11(17)8-10/h3-9,14H,1-2H3,(H2,18,20). The van der Waals surface area contributed by atoms with E-state index in [1.807, 2.05) is 0 Å². The molecule has 10 heteroatoms. The highest BCUT2D eigenvalue weighted by Gasteiger charge is 2.26. The number of pyridine rings is 1. The summed E-state index contributed by atoms with van der Waals surface area (Å²) in [5.74, 6) is -0.742. The van der Waals surface area contributed by atoms with Crippen molar-refractivity contribution in [1.82, 2.24) is 13.9 Å². The molecule has 2 N–H and O–H groups in total. The zero-order valence-electron chi connectivity index (χ0n) is 14.0. The van der Waals surface area contributed by atoms with Gasteiger partial charge in [0, 0.05) is 0 Å². The Morgan fingerprint density at radius 1 is 1.19 bits per heavy atom. The monoisotopic (exact) mass is 377 g/mol. The number of rotatable bonds is 5. The summed E-state index contributed by atoms with van der Waals surface area (Å²) in [4.78, 5) is 19.6. The molecule has 26 heavy (non-hydrogen) atoms. The normalized spacial score (nSPS) is 13.2. The number of nitroso groups, excluding NO2 is 1. The molecule has 0 aliphatic carbocycles. The van der Waals surface area contributed by atoms with Crippen molar-refractivity contribution >= 4 is 27.1 Å². The number of hydrogen-bond donors (Lipinski definition) is 1. The Morgan fingerprint density at radius 2 is 1.92 bits per heavy atom. The summed E-state index contributed by atoms with van der Waals surface area (Å²) in [6.45, 7) is 3.01. The van der Waals surface area contributed by atoms with Crippen LogP contribution in [0.1, 0.15) is 31.1 Å². The van der Waals surface area contributed by atoms with E-state index in [-0.39, 0.29) is 22.8 Å². The van der Waals surface area contributed by atoms with E-state index in [0.717, 1.165) is 3.97 Å². The summed E-state index contributed by atoms with van der Waals surface area (Å²) in [7, 11) is -3.81. The van der Waals surface area contributed by atoms with Crippen LogP contribution in [0.4, 0.5) is 10.3 Å². The molecule has 1 aromatic carbocycles. The number of fused-ring (bicyclic) bond motifs is 1. The molecule has 1 unspecified atom stereocenters. The number of anilines is 1. The zero-order valence-corrected chi connectivity index (χ0v) is 14.8. The molecule has 8 nitrogen and oxygen atoms in total. The van der Waals surface area contributed by atoms with Gasteiger partial charge in [0.05, 0.1) is 10.9 Å². The Bertz CT molecular complexity index is 1090. The summed E-state index contributed by atoms with van der Waals surface area (Å²) in [6.07, 6.45) is 0. The van der Waals surface area contributed by atoms with Gasteiger partial charge in [0.25, 0.3) is 0 Å². The first-order chi connectivity index (χ1) is 12.3. The first kappa shape index (κ1) is 17.9. The van der Waals surface area contributed by atoms with Gasteiger partial charge in [0.2, 0.25) is 16.0 Å². The Morgan fingerprint density at radius 3 is 2.54 bits per heavy atom. The van der Waals surface area contributed by atoms with E-state index in [1.165, 1.54) is 50.2 Å². The molecule has 0 amide bonds. The van der Waals surface area contributed by atoms with Crippen molar-refractivity contribution < 1.29 is 12.8 Å². The maximum absolute atomic E-state index is 13.5. The highest BCUT2D eigenvalue weighted by atomic mass is 32.2. The first-order valence-electron chi connectivity index (χ1n) is 7.73. The molecule has 0 bridgehead atoms. The van der Waals surface area contributed by atoms with Gasteiger partial charge in [0.1, 0.15) is 11.3 Å². The quantitative estimate of drug-likeness (QED) is 0.682. The summed E-state index contributed by atoms with van der Waals surface area (Å²) in [5.41, 5.74) is 6.50. The van der Waals surface area contributed by atoms with Crippen LogP contribution in [0.25, 0.3) is 11.2 Å². The summed E-state index contributed by atoms with van der Waals surface area (Å²) < 4.78 is 39.4. The molecule has 0 spiro atoms. The number of hydrogen-bond acceptors (Lipinski definition) is 7. The van der Waals surface area contributed by atoms with Crippen molar-refractivity contribution in [3.05, 3.63) is 58.4 Å². The van der Waals surface area contributed by atoms with Crippen LogP contribution in [0.15, 0.2) is 41.6 Å². The second-order valence-electron chi connectivity index (χ2n) is 5.97. The lowest BCUT2D eigenvalue weighted by Gasteiger charge is -2.12. The largest absolute Gasteiger partial charge is 0.368 e. The lowest BCUT2D eigenvalue weighted by atomic mass is 10.0. The van der Waals surface area contributed by atoms with Crippen LogP contribution in [0.5, 0.6) is 0 Å². The molecule has 136 valence electrons. The minimum absolute atomic E-state index is 0.00115. The van der Waals surface area contributed by atoms with Crippen LogP contribution < -0.4 is 5.73 Å². The fraction of sp³-hybridized carbons (Fsp3) is 0.250. The minimum Gasteiger partial charge on any atom is -0.368 e. The van der Waals surface area contributed by atoms with Gasteiger partial charge in [0.15, 0.2) is 11.7 Å². The van der Waals surface area contributed by atoms with Crippen molar-refractivity contribution in [1.29, 1.82) is 0 Å². The lowest BCUT2D eigenvalue weighted by molar-refractivity contribution is 0.580. The van der Waals surface area contributed by atoms with Gasteiger partial charge in [-0.25, -0.2) is 22.8 Å². The second kappa shape index (κ2) is 6.45. The Labute approximate surface area is 148 Å². The molecule has 3 rings (SSSR count). The van der Waals surface area contributed by atoms with Crippen LogP contribution in [0.2, 0.25) is 0 Å². The van der Waals surface area contributed by atoms with E-state index in [4.69, 9.17) is 5.73 Å². The van der Waals surface area contributed by atoms with Crippen LogP contribution in [-0.4, -0.2) is 27.6 Å². The Balaban J connectivity index is 2.22. The molecule has 0 fully saturated rings. The number of benzene rings is 1. The number of nitrogens with zero attached hydrogens (tertiary/aromatic N) is 4. The van der Waals surface area contributed by atoms with E-state index in [0.29, 0.717) is 5.56 Å². The topological polar surface area (TPSA) is 120 Å². The maximum atomic E-state index is 13.5. The van der Waals surface area contributed by atoms with Gasteiger partial charge in [-0.05, 0) is 43.7 Å². The van der Waals surface area contributed by atoms with Gasteiger partial charge < -0.3 is 5.73 Å². The number of imidazole rings is 1. The molecule has 0 saturated heterocycles. The third-order valence-corrected chi connectivity index (χ3v) is 5.97. The molecule has 2 heterocycles. The molecule has 0 radical (unpaired) electrons. The summed E-state index contributed by atoms with van der Waals surface area (Å²) >= 11 is 0. The number of aromatic nitrogens is 3. The average Bonchev–Trinajstić information content (AvgIpc) is 2.91. The number of nitrogens with two attached hydrogens (primary N) is 1. The van der Waals surface area contributed by atoms with Crippen molar-refractivity contribution in [3.8, 4) is 0 Å². The van der Waals surface area contributed by atoms with Gasteiger partial charge in [-0.1, -0.05) is 17.3 Å². The van der Waals surface area contributed by atoms with E-state index in [1.54, 1.807) is 0 Å². The van der Waals surface area contributed by atoms with Crippen molar-refractivity contribution in [2.75, 3.05) is 5.73 Å². The molecule has 2 aromatic heterocycles. The Kier molecular flexibility index (Phi) is 4.45. The molecular weight excluding hydrogens is 361 g/mol. The van der Waals surface area contributed by atoms with Crippen molar-refractivity contribution in [3.63, 3.8) is 0 Å². The fourth-order valence-electron chi connectivity index (χ4n) is 2.55. The van der Waals surface area contributed by atoms with E-state index in [9.17, 15) is 17.7 Å². The van der Waals surface area contributed by atoms with Gasteiger partial charge in [-0.2, -0.15) is 3.97 Å². The van der Waals surface area contributed by atoms with E-state index >= 15 is 0 Å². The highest BCUT2D eigenvalue weighted by Crippen LogP contribution is 2.28. The third kappa shape index (κ3) is 2.92. The Hall–Kier alpha value is -2.88. The van der Waals surface area contributed by atoms with E-state index in [2.05, 4.69) is 15.1 Å². The van der Waals surface area contributed by atoms with Gasteiger partial charge in [-0.3, -0.25) is 0 Å². The average molecular weight is 377 g/mol. The maximum Gasteiger partial charge on any atom is 0.245 e. The predicted molar refractivity (Wildman–Crippen MR) is 95.4 cm³/mol. The van der Waals surface area contributed by atoms with E-state index < -0.39 is 27.1 Å². The second-order valence-corrected chi connectivity index (χ2v) is 8.31. The molecular formula is C16H16FN5O3S. The predicted octanol–water partition coefficient (Wildman–Crippen LogP) is 2.59. The number of halogens is 1.